The van der Waals surface area contributed by atoms with Crippen LogP contribution in [0.5, 0.6) is 0 Å². The molecule has 0 rings (SSSR count). The zero-order chi connectivity index (χ0) is 21.1. The summed E-state index contributed by atoms with van der Waals surface area (Å²) in [6, 6.07) is 0. The van der Waals surface area contributed by atoms with Gasteiger partial charge in [0.05, 0.1) is 15.9 Å². The second kappa shape index (κ2) is 21.3. The summed E-state index contributed by atoms with van der Waals surface area (Å²) in [7, 11) is -4.51. The summed E-state index contributed by atoms with van der Waals surface area (Å²) in [6.07, 6.45) is 18.7. The zero-order valence-electron chi connectivity index (χ0n) is 18.4. The molecule has 1 N–H and O–H groups in total. The van der Waals surface area contributed by atoms with Gasteiger partial charge in [0.15, 0.2) is 0 Å². The van der Waals surface area contributed by atoms with Crippen LogP contribution in [0, 0.1) is 0 Å². The quantitative estimate of drug-likeness (QED) is 0.107. The van der Waals surface area contributed by atoms with Crippen molar-refractivity contribution in [1.82, 2.24) is 0 Å². The van der Waals surface area contributed by atoms with Gasteiger partial charge in [-0.25, -0.2) is 8.42 Å². The van der Waals surface area contributed by atoms with Crippen LogP contribution in [-0.4, -0.2) is 42.5 Å². The van der Waals surface area contributed by atoms with Gasteiger partial charge >= 0.3 is 35.5 Å². The first-order valence-corrected chi connectivity index (χ1v) is 12.3. The normalized spacial score (nSPS) is 12.7. The van der Waals surface area contributed by atoms with Gasteiger partial charge in [-0.05, 0) is 32.1 Å². The largest absolute Gasteiger partial charge is 1.00 e. The third kappa shape index (κ3) is 26.0. The zero-order valence-corrected chi connectivity index (χ0v) is 21.3. The van der Waals surface area contributed by atoms with Crippen LogP contribution in [0.2, 0.25) is 0 Å². The Morgan fingerprint density at radius 3 is 1.93 bits per heavy atom. The fourth-order valence-corrected chi connectivity index (χ4v) is 3.45. The topological polar surface area (TPSA) is 104 Å². The average Bonchev–Trinajstić information content (AvgIpc) is 2.62. The smallest absolute Gasteiger partial charge is 0.748 e. The van der Waals surface area contributed by atoms with Gasteiger partial charge in [0.1, 0.15) is 12.7 Å². The molecule has 6 nitrogen and oxygen atoms in total. The molecule has 29 heavy (non-hydrogen) atoms. The molecule has 0 saturated carbocycles. The number of hydrogen-bond donors (Lipinski definition) is 1. The molecule has 0 aromatic heterocycles. The number of aliphatic hydroxyl groups excluding tert-OH is 1. The van der Waals surface area contributed by atoms with E-state index in [1.165, 1.54) is 44.9 Å². The van der Waals surface area contributed by atoms with Gasteiger partial charge in [-0.3, -0.25) is 4.79 Å². The summed E-state index contributed by atoms with van der Waals surface area (Å²) in [4.78, 5) is 11.5. The molecule has 0 amide bonds. The summed E-state index contributed by atoms with van der Waals surface area (Å²) >= 11 is 0. The Balaban J connectivity index is 0. The van der Waals surface area contributed by atoms with E-state index in [-0.39, 0.29) is 36.0 Å². The first kappa shape index (κ1) is 31.3. The fraction of sp³-hybridized carbons (Fsp3) is 0.857. The molecule has 0 bridgehead atoms. The molecule has 0 fully saturated rings. The van der Waals surface area contributed by atoms with E-state index in [9.17, 15) is 22.9 Å². The molecular formula is C21H39NaO6S. The van der Waals surface area contributed by atoms with Gasteiger partial charge < -0.3 is 14.4 Å². The van der Waals surface area contributed by atoms with Crippen molar-refractivity contribution in [3.63, 3.8) is 0 Å². The Labute approximate surface area is 199 Å². The van der Waals surface area contributed by atoms with Gasteiger partial charge in [-0.2, -0.15) is 0 Å². The van der Waals surface area contributed by atoms with Gasteiger partial charge in [-0.1, -0.05) is 70.4 Å². The Bertz CT molecular complexity index is 507. The van der Waals surface area contributed by atoms with Crippen LogP contribution in [-0.2, 0) is 19.6 Å². The number of ether oxygens (including phenoxy) is 1. The van der Waals surface area contributed by atoms with Crippen LogP contribution in [0.4, 0.5) is 0 Å². The second-order valence-electron chi connectivity index (χ2n) is 7.40. The van der Waals surface area contributed by atoms with Crippen LogP contribution in [0.15, 0.2) is 12.2 Å². The van der Waals surface area contributed by atoms with Crippen molar-refractivity contribution in [2.45, 2.75) is 103 Å². The van der Waals surface area contributed by atoms with E-state index in [0.29, 0.717) is 6.42 Å². The van der Waals surface area contributed by atoms with Crippen molar-refractivity contribution < 1.29 is 57.2 Å². The minimum Gasteiger partial charge on any atom is -0.748 e. The van der Waals surface area contributed by atoms with E-state index in [2.05, 4.69) is 19.1 Å². The van der Waals surface area contributed by atoms with E-state index in [1.54, 1.807) is 0 Å². The van der Waals surface area contributed by atoms with Gasteiger partial charge in [0.2, 0.25) is 0 Å². The van der Waals surface area contributed by atoms with E-state index >= 15 is 0 Å². The number of rotatable bonds is 19. The SMILES string of the molecule is CCCCCCCC/C=C\CCCCCCCC(=O)OCC(O)CS(=O)(=O)[O-].[Na+]. The van der Waals surface area contributed by atoms with E-state index < -0.39 is 34.6 Å². The van der Waals surface area contributed by atoms with E-state index in [4.69, 9.17) is 4.74 Å². The molecule has 1 atom stereocenters. The van der Waals surface area contributed by atoms with Gasteiger partial charge in [0, 0.05) is 6.42 Å². The summed E-state index contributed by atoms with van der Waals surface area (Å²) in [6.45, 7) is 1.78. The molecule has 0 aliphatic rings. The first-order valence-electron chi connectivity index (χ1n) is 10.8. The second-order valence-corrected chi connectivity index (χ2v) is 8.84. The minimum absolute atomic E-state index is 0. The number of unbranched alkanes of at least 4 members (excludes halogenated alkanes) is 11. The van der Waals surface area contributed by atoms with Crippen LogP contribution in [0.3, 0.4) is 0 Å². The summed E-state index contributed by atoms with van der Waals surface area (Å²) < 4.78 is 36.1. The molecule has 0 aromatic carbocycles. The van der Waals surface area contributed by atoms with Crippen molar-refractivity contribution in [3.8, 4) is 0 Å². The van der Waals surface area contributed by atoms with E-state index in [0.717, 1.165) is 32.1 Å². The van der Waals surface area contributed by atoms with Crippen molar-refractivity contribution in [3.05, 3.63) is 12.2 Å². The fourth-order valence-electron chi connectivity index (χ4n) is 2.89. The third-order valence-corrected chi connectivity index (χ3v) is 5.27. The molecule has 0 aliphatic heterocycles. The van der Waals surface area contributed by atoms with E-state index in [1.807, 2.05) is 0 Å². The molecule has 0 saturated heterocycles. The summed E-state index contributed by atoms with van der Waals surface area (Å²) in [5.41, 5.74) is 0. The van der Waals surface area contributed by atoms with Crippen molar-refractivity contribution >= 4 is 16.1 Å². The Hall–Kier alpha value is 0.0800. The molecule has 1 unspecified atom stereocenters. The molecule has 0 radical (unpaired) electrons. The maximum Gasteiger partial charge on any atom is 1.00 e. The third-order valence-electron chi connectivity index (χ3n) is 4.48. The summed E-state index contributed by atoms with van der Waals surface area (Å²) in [5.74, 6) is -1.41. The van der Waals surface area contributed by atoms with Crippen molar-refractivity contribution in [2.75, 3.05) is 12.4 Å². The van der Waals surface area contributed by atoms with Crippen LogP contribution in [0.25, 0.3) is 0 Å². The van der Waals surface area contributed by atoms with Crippen LogP contribution in [0.1, 0.15) is 96.8 Å². The van der Waals surface area contributed by atoms with Gasteiger partial charge in [0.25, 0.3) is 0 Å². The maximum atomic E-state index is 11.5. The molecule has 0 spiro atoms. The minimum atomic E-state index is -4.51. The molecule has 0 heterocycles. The Morgan fingerprint density at radius 1 is 0.931 bits per heavy atom. The first-order chi connectivity index (χ1) is 13.3. The van der Waals surface area contributed by atoms with Crippen LogP contribution < -0.4 is 29.6 Å². The van der Waals surface area contributed by atoms with Crippen molar-refractivity contribution in [1.29, 1.82) is 0 Å². The predicted molar refractivity (Wildman–Crippen MR) is 111 cm³/mol. The average molecular weight is 443 g/mol. The number of hydrogen-bond acceptors (Lipinski definition) is 6. The monoisotopic (exact) mass is 442 g/mol. The maximum absolute atomic E-state index is 11.5. The van der Waals surface area contributed by atoms with Crippen LogP contribution >= 0.6 is 0 Å². The molecular weight excluding hydrogens is 403 g/mol. The standard InChI is InChI=1S/C21H40O6S.Na/c1-2-3-4-5-6-7-8-9-10-11-12-13-14-15-16-17-21(23)27-18-20(22)19-28(24,25)26;/h9-10,20,22H,2-8,11-19H2,1H3,(H,24,25,26);/q;+1/p-1/b10-9-;. The number of aliphatic hydroxyl groups is 1. The molecule has 166 valence electrons. The molecule has 0 aliphatic carbocycles. The van der Waals surface area contributed by atoms with Crippen molar-refractivity contribution in [2.24, 2.45) is 0 Å². The number of allylic oxidation sites excluding steroid dienone is 2. The number of carbonyl (C=O) groups is 1. The Morgan fingerprint density at radius 2 is 1.41 bits per heavy atom. The van der Waals surface area contributed by atoms with Gasteiger partial charge in [-0.15, -0.1) is 0 Å². The predicted octanol–water partition coefficient (Wildman–Crippen LogP) is 1.48. The summed E-state index contributed by atoms with van der Waals surface area (Å²) in [5, 5.41) is 9.28. The molecule has 0 aromatic rings. The molecule has 8 heteroatoms. The number of esters is 1. The Kier molecular flexibility index (Phi) is 23.0. The number of carbonyl (C=O) groups excluding carboxylic acids is 1.